The van der Waals surface area contributed by atoms with Crippen LogP contribution in [0, 0.1) is 5.41 Å². The van der Waals surface area contributed by atoms with Gasteiger partial charge in [-0.2, -0.15) is 0 Å². The second-order valence-electron chi connectivity index (χ2n) is 5.82. The minimum atomic E-state index is -0.221. The Kier molecular flexibility index (Phi) is 2.85. The van der Waals surface area contributed by atoms with Crippen LogP contribution in [0.2, 0.25) is 0 Å². The second-order valence-corrected chi connectivity index (χ2v) is 5.82. The third-order valence-electron chi connectivity index (χ3n) is 4.32. The number of carbonyl (C=O) groups excluding carboxylic acids is 1. The van der Waals surface area contributed by atoms with Gasteiger partial charge in [0.1, 0.15) is 0 Å². The normalized spacial score (nSPS) is 32.4. The lowest BCUT2D eigenvalue weighted by atomic mass is 9.66. The van der Waals surface area contributed by atoms with E-state index in [0.29, 0.717) is 5.92 Å². The number of carbonyl (C=O) groups is 1. The summed E-state index contributed by atoms with van der Waals surface area (Å²) in [4.78, 5) is 13.8. The first-order chi connectivity index (χ1) is 9.13. The molecule has 4 rings (SSSR count). The summed E-state index contributed by atoms with van der Waals surface area (Å²) >= 11 is 0. The lowest BCUT2D eigenvalue weighted by Gasteiger charge is -2.51. The molecule has 3 nitrogen and oxygen atoms in total. The number of methoxy groups -OCH3 is 1. The summed E-state index contributed by atoms with van der Waals surface area (Å²) in [6, 6.07) is 10.6. The smallest absolute Gasteiger partial charge is 0.410 e. The van der Waals surface area contributed by atoms with Crippen LogP contribution in [0.3, 0.4) is 0 Å². The summed E-state index contributed by atoms with van der Waals surface area (Å²) in [5.41, 5.74) is 1.36. The van der Waals surface area contributed by atoms with Gasteiger partial charge in [-0.05, 0) is 12.0 Å². The fourth-order valence-corrected chi connectivity index (χ4v) is 3.41. The van der Waals surface area contributed by atoms with Crippen LogP contribution in [0.15, 0.2) is 42.5 Å². The summed E-state index contributed by atoms with van der Waals surface area (Å²) in [6.45, 7) is 2.97. The minimum absolute atomic E-state index is 0.0590. The van der Waals surface area contributed by atoms with E-state index in [0.717, 1.165) is 13.0 Å². The van der Waals surface area contributed by atoms with E-state index < -0.39 is 0 Å². The number of ether oxygens (including phenoxy) is 1. The lowest BCUT2D eigenvalue weighted by Crippen LogP contribution is -2.55. The molecule has 0 unspecified atom stereocenters. The van der Waals surface area contributed by atoms with E-state index in [1.54, 1.807) is 0 Å². The number of amides is 1. The molecular weight excluding hydrogens is 238 g/mol. The van der Waals surface area contributed by atoms with Crippen molar-refractivity contribution in [3.8, 4) is 0 Å². The molecule has 1 aromatic carbocycles. The quantitative estimate of drug-likeness (QED) is 0.723. The molecule has 2 bridgehead atoms. The summed E-state index contributed by atoms with van der Waals surface area (Å²) in [7, 11) is 1.45. The maximum Gasteiger partial charge on any atom is 0.410 e. The van der Waals surface area contributed by atoms with Gasteiger partial charge in [-0.1, -0.05) is 49.4 Å². The summed E-state index contributed by atoms with van der Waals surface area (Å²) in [5, 5.41) is 0. The van der Waals surface area contributed by atoms with Crippen molar-refractivity contribution in [1.82, 2.24) is 4.90 Å². The predicted octanol–water partition coefficient (Wildman–Crippen LogP) is 3.19. The van der Waals surface area contributed by atoms with E-state index in [2.05, 4.69) is 43.3 Å². The third kappa shape index (κ3) is 2.03. The standard InChI is InChI=1S/C16H19NO2/c1-16-9-8-14(17(11-16)15(18)19-2)13(10-16)12-6-4-3-5-7-12/h3-9,13-14H,10-11H2,1-2H3/t13-,14+,16-/m1/s1. The van der Waals surface area contributed by atoms with Gasteiger partial charge in [-0.15, -0.1) is 0 Å². The first-order valence-corrected chi connectivity index (χ1v) is 6.72. The number of fused-ring (bicyclic) bond motifs is 2. The second kappa shape index (κ2) is 4.41. The molecule has 0 spiro atoms. The number of benzene rings is 1. The van der Waals surface area contributed by atoms with E-state index in [9.17, 15) is 4.79 Å². The predicted molar refractivity (Wildman–Crippen MR) is 73.9 cm³/mol. The molecule has 1 aliphatic carbocycles. The van der Waals surface area contributed by atoms with Gasteiger partial charge in [0.25, 0.3) is 0 Å². The first kappa shape index (κ1) is 12.3. The van der Waals surface area contributed by atoms with E-state index in [4.69, 9.17) is 4.74 Å². The molecule has 2 aliphatic heterocycles. The van der Waals surface area contributed by atoms with Gasteiger partial charge in [-0.3, -0.25) is 0 Å². The Morgan fingerprint density at radius 3 is 2.74 bits per heavy atom. The molecule has 19 heavy (non-hydrogen) atoms. The van der Waals surface area contributed by atoms with E-state index in [1.165, 1.54) is 12.7 Å². The van der Waals surface area contributed by atoms with E-state index in [-0.39, 0.29) is 17.6 Å². The molecule has 1 saturated heterocycles. The molecule has 2 heterocycles. The van der Waals surface area contributed by atoms with Crippen molar-refractivity contribution in [2.24, 2.45) is 5.41 Å². The number of piperidine rings is 1. The molecule has 1 amide bonds. The third-order valence-corrected chi connectivity index (χ3v) is 4.32. The van der Waals surface area contributed by atoms with Crippen LogP contribution in [-0.2, 0) is 4.74 Å². The maximum atomic E-state index is 11.9. The number of hydrogen-bond donors (Lipinski definition) is 0. The maximum absolute atomic E-state index is 11.9. The van der Waals surface area contributed by atoms with Gasteiger partial charge in [0, 0.05) is 17.9 Å². The lowest BCUT2D eigenvalue weighted by molar-refractivity contribution is 0.0505. The molecule has 0 N–H and O–H groups in total. The van der Waals surface area contributed by atoms with Gasteiger partial charge >= 0.3 is 6.09 Å². The topological polar surface area (TPSA) is 29.5 Å². The molecular formula is C16H19NO2. The number of hydrogen-bond acceptors (Lipinski definition) is 2. The fourth-order valence-electron chi connectivity index (χ4n) is 3.41. The summed E-state index contributed by atoms with van der Waals surface area (Å²) < 4.78 is 4.92. The van der Waals surface area contributed by atoms with Crippen LogP contribution in [0.5, 0.6) is 0 Å². The van der Waals surface area contributed by atoms with Crippen molar-refractivity contribution in [3.05, 3.63) is 48.0 Å². The van der Waals surface area contributed by atoms with Crippen molar-refractivity contribution in [2.45, 2.75) is 25.3 Å². The zero-order chi connectivity index (χ0) is 13.5. The summed E-state index contributed by atoms with van der Waals surface area (Å²) in [6.07, 6.45) is 5.30. The average molecular weight is 257 g/mol. The van der Waals surface area contributed by atoms with Crippen LogP contribution in [0.4, 0.5) is 4.79 Å². The highest BCUT2D eigenvalue weighted by Crippen LogP contribution is 2.47. The fraction of sp³-hybridized carbons (Fsp3) is 0.438. The molecule has 0 radical (unpaired) electrons. The average Bonchev–Trinajstić information content (AvgIpc) is 2.46. The highest BCUT2D eigenvalue weighted by Gasteiger charge is 2.46. The molecule has 0 saturated carbocycles. The molecule has 3 heteroatoms. The van der Waals surface area contributed by atoms with Gasteiger partial charge in [0.2, 0.25) is 0 Å². The number of rotatable bonds is 1. The molecule has 0 aromatic heterocycles. The Balaban J connectivity index is 1.96. The monoisotopic (exact) mass is 257 g/mol. The van der Waals surface area contributed by atoms with Gasteiger partial charge in [-0.25, -0.2) is 4.79 Å². The summed E-state index contributed by atoms with van der Waals surface area (Å²) in [5.74, 6) is 0.365. The van der Waals surface area contributed by atoms with Gasteiger partial charge in [0.05, 0.1) is 13.2 Å². The Morgan fingerprint density at radius 1 is 1.37 bits per heavy atom. The molecule has 3 aliphatic rings. The SMILES string of the molecule is COC(=O)N1C[C@]2(C)C=C[C@H]1[C@@H](c1ccccc1)C2. The zero-order valence-corrected chi connectivity index (χ0v) is 11.4. The number of nitrogens with zero attached hydrogens (tertiary/aromatic N) is 1. The Labute approximate surface area is 113 Å². The van der Waals surface area contributed by atoms with Gasteiger partial charge in [0.15, 0.2) is 0 Å². The van der Waals surface area contributed by atoms with Crippen molar-refractivity contribution in [3.63, 3.8) is 0 Å². The Hall–Kier alpha value is -1.77. The van der Waals surface area contributed by atoms with Crippen molar-refractivity contribution < 1.29 is 9.53 Å². The first-order valence-electron chi connectivity index (χ1n) is 6.72. The highest BCUT2D eigenvalue weighted by molar-refractivity contribution is 5.69. The van der Waals surface area contributed by atoms with Gasteiger partial charge < -0.3 is 9.64 Å². The van der Waals surface area contributed by atoms with Crippen LogP contribution in [0.1, 0.15) is 24.8 Å². The Morgan fingerprint density at radius 2 is 2.11 bits per heavy atom. The minimum Gasteiger partial charge on any atom is -0.453 e. The molecule has 3 atom stereocenters. The zero-order valence-electron chi connectivity index (χ0n) is 11.4. The van der Waals surface area contributed by atoms with E-state index >= 15 is 0 Å². The van der Waals surface area contributed by atoms with Crippen LogP contribution in [-0.4, -0.2) is 30.7 Å². The van der Waals surface area contributed by atoms with Crippen LogP contribution < -0.4 is 0 Å². The highest BCUT2D eigenvalue weighted by atomic mass is 16.5. The molecule has 1 aromatic rings. The largest absolute Gasteiger partial charge is 0.453 e. The van der Waals surface area contributed by atoms with E-state index in [1.807, 2.05) is 11.0 Å². The van der Waals surface area contributed by atoms with Crippen LogP contribution in [0.25, 0.3) is 0 Å². The van der Waals surface area contributed by atoms with Crippen molar-refractivity contribution in [2.75, 3.05) is 13.7 Å². The Bertz CT molecular complexity index is 511. The van der Waals surface area contributed by atoms with Crippen molar-refractivity contribution >= 4 is 6.09 Å². The van der Waals surface area contributed by atoms with Crippen molar-refractivity contribution in [1.29, 1.82) is 0 Å². The van der Waals surface area contributed by atoms with Crippen LogP contribution >= 0.6 is 0 Å². The molecule has 100 valence electrons. The molecule has 1 fully saturated rings.